The standard InChI is InChI=1S/C14H19N5/c1-10-4-3-5-13-17-12(9-19(10)13)8-16-14(15-2)18-11-6-7-11/h3-5,9,11H,6-8H2,1-2H3,(H2,15,16,18). The Labute approximate surface area is 112 Å². The van der Waals surface area contributed by atoms with E-state index in [0.717, 1.165) is 17.3 Å². The van der Waals surface area contributed by atoms with Gasteiger partial charge >= 0.3 is 0 Å². The molecule has 0 radical (unpaired) electrons. The van der Waals surface area contributed by atoms with Gasteiger partial charge in [0.25, 0.3) is 0 Å². The fourth-order valence-electron chi connectivity index (χ4n) is 2.07. The van der Waals surface area contributed by atoms with Crippen molar-refractivity contribution in [3.05, 3.63) is 35.8 Å². The number of aryl methyl sites for hydroxylation is 1. The maximum absolute atomic E-state index is 4.59. The molecule has 2 aromatic heterocycles. The summed E-state index contributed by atoms with van der Waals surface area (Å²) in [5.41, 5.74) is 3.20. The van der Waals surface area contributed by atoms with Gasteiger partial charge in [-0.25, -0.2) is 4.98 Å². The van der Waals surface area contributed by atoms with Gasteiger partial charge in [0.1, 0.15) is 5.65 Å². The smallest absolute Gasteiger partial charge is 0.191 e. The first kappa shape index (κ1) is 12.0. The number of imidazole rings is 1. The molecule has 5 heteroatoms. The zero-order valence-electron chi connectivity index (χ0n) is 11.3. The summed E-state index contributed by atoms with van der Waals surface area (Å²) < 4.78 is 2.11. The average Bonchev–Trinajstić information content (AvgIpc) is 3.12. The third-order valence-electron chi connectivity index (χ3n) is 3.32. The van der Waals surface area contributed by atoms with Gasteiger partial charge < -0.3 is 15.0 Å². The van der Waals surface area contributed by atoms with Crippen LogP contribution in [0.3, 0.4) is 0 Å². The van der Waals surface area contributed by atoms with E-state index in [-0.39, 0.29) is 0 Å². The van der Waals surface area contributed by atoms with Gasteiger partial charge in [-0.05, 0) is 31.9 Å². The van der Waals surface area contributed by atoms with E-state index in [1.807, 2.05) is 12.1 Å². The van der Waals surface area contributed by atoms with E-state index in [0.29, 0.717) is 12.6 Å². The summed E-state index contributed by atoms with van der Waals surface area (Å²) in [6.07, 6.45) is 4.56. The normalized spacial score (nSPS) is 15.8. The molecule has 2 aromatic rings. The van der Waals surface area contributed by atoms with Crippen molar-refractivity contribution in [2.75, 3.05) is 7.05 Å². The van der Waals surface area contributed by atoms with Crippen molar-refractivity contribution in [1.29, 1.82) is 0 Å². The van der Waals surface area contributed by atoms with E-state index in [1.54, 1.807) is 7.05 Å². The lowest BCUT2D eigenvalue weighted by atomic mass is 10.4. The molecule has 0 aromatic carbocycles. The number of nitrogens with one attached hydrogen (secondary N) is 2. The van der Waals surface area contributed by atoms with Crippen LogP contribution in [-0.2, 0) is 6.54 Å². The van der Waals surface area contributed by atoms with Crippen molar-refractivity contribution >= 4 is 11.6 Å². The largest absolute Gasteiger partial charge is 0.354 e. The lowest BCUT2D eigenvalue weighted by Gasteiger charge is -2.09. The second kappa shape index (κ2) is 4.91. The first-order valence-electron chi connectivity index (χ1n) is 6.67. The molecular weight excluding hydrogens is 238 g/mol. The van der Waals surface area contributed by atoms with Crippen molar-refractivity contribution < 1.29 is 0 Å². The number of aromatic nitrogens is 2. The second-order valence-electron chi connectivity index (χ2n) is 4.97. The molecule has 0 aliphatic heterocycles. The molecule has 1 saturated carbocycles. The Morgan fingerprint density at radius 2 is 2.32 bits per heavy atom. The van der Waals surface area contributed by atoms with E-state index in [1.165, 1.54) is 18.5 Å². The summed E-state index contributed by atoms with van der Waals surface area (Å²) in [4.78, 5) is 8.81. The summed E-state index contributed by atoms with van der Waals surface area (Å²) in [5.74, 6) is 0.858. The number of rotatable bonds is 3. The lowest BCUT2D eigenvalue weighted by Crippen LogP contribution is -2.38. The van der Waals surface area contributed by atoms with E-state index in [9.17, 15) is 0 Å². The molecule has 0 amide bonds. The third-order valence-corrected chi connectivity index (χ3v) is 3.32. The highest BCUT2D eigenvalue weighted by Crippen LogP contribution is 2.18. The van der Waals surface area contributed by atoms with Crippen molar-refractivity contribution in [1.82, 2.24) is 20.0 Å². The Morgan fingerprint density at radius 1 is 1.47 bits per heavy atom. The summed E-state index contributed by atoms with van der Waals surface area (Å²) >= 11 is 0. The lowest BCUT2D eigenvalue weighted by molar-refractivity contribution is 0.795. The number of fused-ring (bicyclic) bond motifs is 1. The number of aliphatic imine (C=N–C) groups is 1. The van der Waals surface area contributed by atoms with Gasteiger partial charge in [-0.3, -0.25) is 4.99 Å². The highest BCUT2D eigenvalue weighted by Gasteiger charge is 2.22. The Kier molecular flexibility index (Phi) is 3.11. The number of nitrogens with zero attached hydrogens (tertiary/aromatic N) is 3. The monoisotopic (exact) mass is 257 g/mol. The molecule has 0 unspecified atom stereocenters. The SMILES string of the molecule is CN=C(NCc1cn2c(C)cccc2n1)NC1CC1. The maximum Gasteiger partial charge on any atom is 0.191 e. The van der Waals surface area contributed by atoms with Gasteiger partial charge in [0, 0.05) is 25.0 Å². The van der Waals surface area contributed by atoms with Crippen LogP contribution in [-0.4, -0.2) is 28.4 Å². The number of hydrogen-bond donors (Lipinski definition) is 2. The minimum absolute atomic E-state index is 0.606. The minimum Gasteiger partial charge on any atom is -0.354 e. The highest BCUT2D eigenvalue weighted by atomic mass is 15.2. The molecule has 0 spiro atoms. The van der Waals surface area contributed by atoms with Crippen LogP contribution in [0.25, 0.3) is 5.65 Å². The van der Waals surface area contributed by atoms with E-state index < -0.39 is 0 Å². The predicted molar refractivity (Wildman–Crippen MR) is 76.3 cm³/mol. The molecule has 19 heavy (non-hydrogen) atoms. The van der Waals surface area contributed by atoms with E-state index >= 15 is 0 Å². The van der Waals surface area contributed by atoms with Crippen molar-refractivity contribution in [2.24, 2.45) is 4.99 Å². The van der Waals surface area contributed by atoms with Crippen molar-refractivity contribution in [3.8, 4) is 0 Å². The summed E-state index contributed by atoms with van der Waals surface area (Å²) in [6.45, 7) is 2.77. The molecule has 3 rings (SSSR count). The van der Waals surface area contributed by atoms with Crippen LogP contribution in [0.15, 0.2) is 29.4 Å². The topological polar surface area (TPSA) is 53.7 Å². The molecule has 100 valence electrons. The van der Waals surface area contributed by atoms with Gasteiger partial charge in [0.15, 0.2) is 5.96 Å². The fourth-order valence-corrected chi connectivity index (χ4v) is 2.07. The van der Waals surface area contributed by atoms with E-state index in [2.05, 4.69) is 44.2 Å². The van der Waals surface area contributed by atoms with Crippen LogP contribution in [0.5, 0.6) is 0 Å². The first-order chi connectivity index (χ1) is 9.26. The van der Waals surface area contributed by atoms with Crippen LogP contribution in [0.1, 0.15) is 24.2 Å². The van der Waals surface area contributed by atoms with Gasteiger partial charge in [0.05, 0.1) is 12.2 Å². The molecule has 1 aliphatic rings. The number of pyridine rings is 1. The molecule has 1 fully saturated rings. The molecular formula is C14H19N5. The summed E-state index contributed by atoms with van der Waals surface area (Å²) in [5, 5.41) is 6.66. The van der Waals surface area contributed by atoms with Crippen molar-refractivity contribution in [2.45, 2.75) is 32.4 Å². The Balaban J connectivity index is 1.69. The number of hydrogen-bond acceptors (Lipinski definition) is 2. The molecule has 1 aliphatic carbocycles. The molecule has 5 nitrogen and oxygen atoms in total. The average molecular weight is 257 g/mol. The maximum atomic E-state index is 4.59. The second-order valence-corrected chi connectivity index (χ2v) is 4.97. The summed E-state index contributed by atoms with van der Waals surface area (Å²) in [7, 11) is 1.80. The van der Waals surface area contributed by atoms with Crippen LogP contribution < -0.4 is 10.6 Å². The quantitative estimate of drug-likeness (QED) is 0.646. The highest BCUT2D eigenvalue weighted by molar-refractivity contribution is 5.80. The van der Waals surface area contributed by atoms with Gasteiger partial charge in [0.2, 0.25) is 0 Å². The van der Waals surface area contributed by atoms with E-state index in [4.69, 9.17) is 0 Å². The van der Waals surface area contributed by atoms with Crippen LogP contribution in [0.4, 0.5) is 0 Å². The third kappa shape index (κ3) is 2.70. The zero-order valence-corrected chi connectivity index (χ0v) is 11.3. The van der Waals surface area contributed by atoms with Crippen LogP contribution in [0, 0.1) is 6.92 Å². The minimum atomic E-state index is 0.606. The Morgan fingerprint density at radius 3 is 3.00 bits per heavy atom. The molecule has 0 atom stereocenters. The Bertz CT molecular complexity index is 609. The molecule has 2 heterocycles. The first-order valence-corrected chi connectivity index (χ1v) is 6.67. The van der Waals surface area contributed by atoms with Gasteiger partial charge in [-0.1, -0.05) is 6.07 Å². The number of guanidine groups is 1. The molecule has 0 saturated heterocycles. The van der Waals surface area contributed by atoms with Gasteiger partial charge in [-0.2, -0.15) is 0 Å². The van der Waals surface area contributed by atoms with Crippen molar-refractivity contribution in [3.63, 3.8) is 0 Å². The fraction of sp³-hybridized carbons (Fsp3) is 0.429. The predicted octanol–water partition coefficient (Wildman–Crippen LogP) is 1.47. The van der Waals surface area contributed by atoms with Crippen LogP contribution >= 0.6 is 0 Å². The van der Waals surface area contributed by atoms with Crippen LogP contribution in [0.2, 0.25) is 0 Å². The zero-order chi connectivity index (χ0) is 13.2. The Hall–Kier alpha value is -2.04. The molecule has 0 bridgehead atoms. The molecule has 2 N–H and O–H groups in total. The summed E-state index contributed by atoms with van der Waals surface area (Å²) in [6, 6.07) is 6.74. The van der Waals surface area contributed by atoms with Gasteiger partial charge in [-0.15, -0.1) is 0 Å².